The normalized spacial score (nSPS) is 14.5. The fraction of sp³-hybridized carbons (Fsp3) is 0.318. The van der Waals surface area contributed by atoms with Crippen molar-refractivity contribution in [3.63, 3.8) is 0 Å². The second-order valence-electron chi connectivity index (χ2n) is 7.89. The summed E-state index contributed by atoms with van der Waals surface area (Å²) in [7, 11) is 0. The molecule has 0 unspecified atom stereocenters. The van der Waals surface area contributed by atoms with Crippen LogP contribution in [0.25, 0.3) is 16.8 Å². The quantitative estimate of drug-likeness (QED) is 0.504. The lowest BCUT2D eigenvalue weighted by Crippen LogP contribution is -2.47. The maximum absolute atomic E-state index is 12.1. The number of piperazine rings is 1. The van der Waals surface area contributed by atoms with E-state index in [0.29, 0.717) is 0 Å². The SMILES string of the molecule is CC(C)n1nc(-c2cnn3ccc(N4CCN(c5ncccn5)CC4)cc23)ccc1=O. The van der Waals surface area contributed by atoms with Crippen molar-refractivity contribution < 1.29 is 0 Å². The molecule has 31 heavy (non-hydrogen) atoms. The molecule has 1 aliphatic rings. The zero-order chi connectivity index (χ0) is 21.4. The molecule has 4 aromatic rings. The topological polar surface area (TPSA) is 84.5 Å². The molecule has 4 aromatic heterocycles. The second kappa shape index (κ2) is 7.82. The van der Waals surface area contributed by atoms with Gasteiger partial charge >= 0.3 is 0 Å². The lowest BCUT2D eigenvalue weighted by molar-refractivity contribution is 0.505. The molecule has 1 fully saturated rings. The van der Waals surface area contributed by atoms with Crippen LogP contribution in [0, 0.1) is 0 Å². The smallest absolute Gasteiger partial charge is 0.267 e. The van der Waals surface area contributed by atoms with Crippen LogP contribution in [0.5, 0.6) is 0 Å². The van der Waals surface area contributed by atoms with Crippen molar-refractivity contribution >= 4 is 17.2 Å². The van der Waals surface area contributed by atoms with Crippen LogP contribution in [0.15, 0.2) is 59.9 Å². The van der Waals surface area contributed by atoms with Crippen LogP contribution in [-0.2, 0) is 0 Å². The molecule has 0 spiro atoms. The van der Waals surface area contributed by atoms with Gasteiger partial charge in [-0.05, 0) is 38.1 Å². The summed E-state index contributed by atoms with van der Waals surface area (Å²) in [5.74, 6) is 0.780. The van der Waals surface area contributed by atoms with Gasteiger partial charge in [-0.25, -0.2) is 19.2 Å². The number of anilines is 2. The molecule has 0 radical (unpaired) electrons. The molecule has 0 bridgehead atoms. The molecular weight excluding hydrogens is 392 g/mol. The molecule has 1 aliphatic heterocycles. The molecule has 9 nitrogen and oxygen atoms in total. The Bertz CT molecular complexity index is 1260. The van der Waals surface area contributed by atoms with Crippen molar-refractivity contribution in [3.05, 3.63) is 65.5 Å². The van der Waals surface area contributed by atoms with Gasteiger partial charge in [0, 0.05) is 62.1 Å². The van der Waals surface area contributed by atoms with Crippen molar-refractivity contribution in [2.75, 3.05) is 36.0 Å². The first-order chi connectivity index (χ1) is 15.1. The Morgan fingerprint density at radius 3 is 2.45 bits per heavy atom. The summed E-state index contributed by atoms with van der Waals surface area (Å²) in [4.78, 5) is 25.4. The van der Waals surface area contributed by atoms with Crippen LogP contribution >= 0.6 is 0 Å². The summed E-state index contributed by atoms with van der Waals surface area (Å²) in [6, 6.07) is 9.39. The first-order valence-electron chi connectivity index (χ1n) is 10.4. The Labute approximate surface area is 179 Å². The molecule has 0 saturated carbocycles. The average Bonchev–Trinajstić information content (AvgIpc) is 3.23. The monoisotopic (exact) mass is 416 g/mol. The lowest BCUT2D eigenvalue weighted by Gasteiger charge is -2.36. The number of pyridine rings is 1. The van der Waals surface area contributed by atoms with Gasteiger partial charge in [0.15, 0.2) is 0 Å². The Kier molecular flexibility index (Phi) is 4.85. The van der Waals surface area contributed by atoms with E-state index in [0.717, 1.165) is 54.6 Å². The molecule has 5 heterocycles. The van der Waals surface area contributed by atoms with E-state index in [2.05, 4.69) is 42.1 Å². The average molecular weight is 416 g/mol. The van der Waals surface area contributed by atoms with Crippen LogP contribution in [0.1, 0.15) is 19.9 Å². The first kappa shape index (κ1) is 19.2. The van der Waals surface area contributed by atoms with Gasteiger partial charge in [0.1, 0.15) is 0 Å². The van der Waals surface area contributed by atoms with E-state index in [1.807, 2.05) is 30.6 Å². The third kappa shape index (κ3) is 3.63. The molecule has 0 amide bonds. The second-order valence-corrected chi connectivity index (χ2v) is 7.89. The molecular formula is C22H24N8O. The third-order valence-corrected chi connectivity index (χ3v) is 5.58. The van der Waals surface area contributed by atoms with Crippen molar-refractivity contribution in [1.82, 2.24) is 29.4 Å². The van der Waals surface area contributed by atoms with Crippen molar-refractivity contribution in [2.45, 2.75) is 19.9 Å². The number of nitrogens with zero attached hydrogens (tertiary/aromatic N) is 8. The fourth-order valence-electron chi connectivity index (χ4n) is 3.92. The van der Waals surface area contributed by atoms with E-state index in [9.17, 15) is 4.79 Å². The number of fused-ring (bicyclic) bond motifs is 1. The summed E-state index contributed by atoms with van der Waals surface area (Å²) in [6.07, 6.45) is 7.33. The first-order valence-corrected chi connectivity index (χ1v) is 10.4. The maximum atomic E-state index is 12.1. The largest absolute Gasteiger partial charge is 0.368 e. The Morgan fingerprint density at radius 1 is 0.968 bits per heavy atom. The zero-order valence-corrected chi connectivity index (χ0v) is 17.6. The van der Waals surface area contributed by atoms with Crippen LogP contribution in [0.3, 0.4) is 0 Å². The van der Waals surface area contributed by atoms with Crippen molar-refractivity contribution in [2.24, 2.45) is 0 Å². The standard InChI is InChI=1S/C22H24N8O/c1-16(2)30-21(31)5-4-19(26-30)18-15-25-29-9-6-17(14-20(18)29)27-10-12-28(13-11-27)22-23-7-3-8-24-22/h3-9,14-16H,10-13H2,1-2H3. The van der Waals surface area contributed by atoms with Gasteiger partial charge in [0.25, 0.3) is 5.56 Å². The Hall–Kier alpha value is -3.75. The molecule has 0 atom stereocenters. The molecule has 0 aromatic carbocycles. The number of rotatable bonds is 4. The van der Waals surface area contributed by atoms with Gasteiger partial charge < -0.3 is 9.80 Å². The van der Waals surface area contributed by atoms with Gasteiger partial charge in [-0.3, -0.25) is 4.79 Å². The fourth-order valence-corrected chi connectivity index (χ4v) is 3.92. The highest BCUT2D eigenvalue weighted by Crippen LogP contribution is 2.27. The molecule has 9 heteroatoms. The zero-order valence-electron chi connectivity index (χ0n) is 17.6. The van der Waals surface area contributed by atoms with Crippen molar-refractivity contribution in [1.29, 1.82) is 0 Å². The molecule has 0 N–H and O–H groups in total. The van der Waals surface area contributed by atoms with Gasteiger partial charge in [-0.15, -0.1) is 0 Å². The van der Waals surface area contributed by atoms with Gasteiger partial charge in [-0.1, -0.05) is 0 Å². The summed E-state index contributed by atoms with van der Waals surface area (Å²) >= 11 is 0. The molecule has 158 valence electrons. The minimum atomic E-state index is -0.101. The van der Waals surface area contributed by atoms with E-state index in [4.69, 9.17) is 0 Å². The lowest BCUT2D eigenvalue weighted by atomic mass is 10.1. The summed E-state index contributed by atoms with van der Waals surface area (Å²) in [5.41, 5.74) is 3.66. The van der Waals surface area contributed by atoms with E-state index in [-0.39, 0.29) is 11.6 Å². The van der Waals surface area contributed by atoms with Crippen LogP contribution < -0.4 is 15.4 Å². The van der Waals surface area contributed by atoms with E-state index >= 15 is 0 Å². The number of hydrogen-bond acceptors (Lipinski definition) is 7. The number of hydrogen-bond donors (Lipinski definition) is 0. The minimum absolute atomic E-state index is 0.00487. The third-order valence-electron chi connectivity index (χ3n) is 5.58. The predicted octanol–water partition coefficient (Wildman–Crippen LogP) is 2.26. The summed E-state index contributed by atoms with van der Waals surface area (Å²) < 4.78 is 3.35. The van der Waals surface area contributed by atoms with Gasteiger partial charge in [0.2, 0.25) is 5.95 Å². The maximum Gasteiger partial charge on any atom is 0.267 e. The predicted molar refractivity (Wildman–Crippen MR) is 120 cm³/mol. The van der Waals surface area contributed by atoms with Gasteiger partial charge in [-0.2, -0.15) is 10.2 Å². The minimum Gasteiger partial charge on any atom is -0.368 e. The van der Waals surface area contributed by atoms with Crippen molar-refractivity contribution in [3.8, 4) is 11.3 Å². The van der Waals surface area contributed by atoms with E-state index in [1.165, 1.54) is 4.68 Å². The molecule has 1 saturated heterocycles. The van der Waals surface area contributed by atoms with Crippen LogP contribution in [0.4, 0.5) is 11.6 Å². The number of aromatic nitrogens is 6. The van der Waals surface area contributed by atoms with E-state index in [1.54, 1.807) is 30.7 Å². The summed E-state index contributed by atoms with van der Waals surface area (Å²) in [5, 5.41) is 9.04. The Balaban J connectivity index is 1.42. The van der Waals surface area contributed by atoms with Crippen LogP contribution in [0.2, 0.25) is 0 Å². The van der Waals surface area contributed by atoms with E-state index < -0.39 is 0 Å². The molecule has 5 rings (SSSR count). The highest BCUT2D eigenvalue weighted by Gasteiger charge is 2.20. The summed E-state index contributed by atoms with van der Waals surface area (Å²) in [6.45, 7) is 7.40. The van der Waals surface area contributed by atoms with Gasteiger partial charge in [0.05, 0.1) is 23.4 Å². The Morgan fingerprint density at radius 2 is 1.71 bits per heavy atom. The van der Waals surface area contributed by atoms with Crippen LogP contribution in [-0.4, -0.2) is 55.5 Å². The molecule has 0 aliphatic carbocycles. The highest BCUT2D eigenvalue weighted by molar-refractivity contribution is 5.80. The highest BCUT2D eigenvalue weighted by atomic mass is 16.1.